The minimum atomic E-state index is -0.610. The number of ether oxygens (including phenoxy) is 2. The molecule has 1 aromatic heterocycles. The number of urea groups is 1. The lowest BCUT2D eigenvalue weighted by molar-refractivity contribution is -0.126. The zero-order chi connectivity index (χ0) is 27.9. The topological polar surface area (TPSA) is 121 Å². The highest BCUT2D eigenvalue weighted by molar-refractivity contribution is 6.02. The Kier molecular flexibility index (Phi) is 7.13. The van der Waals surface area contributed by atoms with Gasteiger partial charge >= 0.3 is 12.1 Å². The molecule has 1 aromatic carbocycles. The number of hydrogen-bond donors (Lipinski definition) is 2. The molecule has 4 amide bonds. The van der Waals surface area contributed by atoms with Crippen molar-refractivity contribution in [2.24, 2.45) is 5.92 Å². The number of carbonyl (C=O) groups is 3. The molecule has 2 N–H and O–H groups in total. The lowest BCUT2D eigenvalue weighted by Gasteiger charge is -2.36. The zero-order valence-corrected chi connectivity index (χ0v) is 23.0. The van der Waals surface area contributed by atoms with Crippen molar-refractivity contribution in [1.82, 2.24) is 14.8 Å². The van der Waals surface area contributed by atoms with Crippen LogP contribution in [-0.4, -0.2) is 63.2 Å². The Morgan fingerprint density at radius 3 is 2.67 bits per heavy atom. The molecule has 3 aliphatic rings. The fraction of sp³-hybridized carbons (Fsp3) is 0.517. The monoisotopic (exact) mass is 536 g/mol. The van der Waals surface area contributed by atoms with Gasteiger partial charge in [-0.05, 0) is 76.1 Å². The summed E-state index contributed by atoms with van der Waals surface area (Å²) in [5.74, 6) is 0.942. The highest BCUT2D eigenvalue weighted by Crippen LogP contribution is 2.43. The Morgan fingerprint density at radius 1 is 1.21 bits per heavy atom. The molecule has 1 saturated heterocycles. The first-order valence-corrected chi connectivity index (χ1v) is 13.6. The molecule has 0 bridgehead atoms. The SMILES string of the molecule is CC(=O)N1Cc2c(C3CCCN(C(=O)OC(C)(C)C)C3)cc(-c3c(O)cccc3OCC3CC3)nc2NC1=O. The van der Waals surface area contributed by atoms with E-state index in [1.54, 1.807) is 23.1 Å². The number of phenolic OH excluding ortho intramolecular Hbond substituents is 1. The quantitative estimate of drug-likeness (QED) is 0.535. The summed E-state index contributed by atoms with van der Waals surface area (Å²) in [6, 6.07) is 6.47. The second-order valence-electron chi connectivity index (χ2n) is 11.6. The smallest absolute Gasteiger partial charge is 0.410 e. The van der Waals surface area contributed by atoms with Crippen molar-refractivity contribution in [3.05, 3.63) is 35.4 Å². The van der Waals surface area contributed by atoms with Gasteiger partial charge in [0.1, 0.15) is 22.9 Å². The lowest BCUT2D eigenvalue weighted by Crippen LogP contribution is -2.44. The lowest BCUT2D eigenvalue weighted by atomic mass is 9.86. The molecule has 39 heavy (non-hydrogen) atoms. The number of amides is 4. The second kappa shape index (κ2) is 10.4. The maximum Gasteiger partial charge on any atom is 0.410 e. The van der Waals surface area contributed by atoms with Crippen molar-refractivity contribution in [2.75, 3.05) is 25.0 Å². The summed E-state index contributed by atoms with van der Waals surface area (Å²) in [5, 5.41) is 13.7. The van der Waals surface area contributed by atoms with Gasteiger partial charge in [-0.3, -0.25) is 15.0 Å². The molecule has 2 aliphatic heterocycles. The molecule has 1 atom stereocenters. The Morgan fingerprint density at radius 2 is 1.97 bits per heavy atom. The van der Waals surface area contributed by atoms with E-state index in [-0.39, 0.29) is 30.2 Å². The zero-order valence-electron chi connectivity index (χ0n) is 23.0. The number of fused-ring (bicyclic) bond motifs is 1. The molecule has 2 fully saturated rings. The van der Waals surface area contributed by atoms with E-state index >= 15 is 0 Å². The van der Waals surface area contributed by atoms with E-state index in [1.807, 2.05) is 26.8 Å². The molecule has 10 nitrogen and oxygen atoms in total. The van der Waals surface area contributed by atoms with E-state index in [0.717, 1.165) is 41.7 Å². The molecule has 10 heteroatoms. The van der Waals surface area contributed by atoms with Gasteiger partial charge in [0.15, 0.2) is 0 Å². The van der Waals surface area contributed by atoms with Crippen LogP contribution in [0.5, 0.6) is 11.5 Å². The number of pyridine rings is 1. The molecule has 1 unspecified atom stereocenters. The molecule has 0 radical (unpaired) electrons. The number of nitrogens with one attached hydrogen (secondary N) is 1. The molecule has 5 rings (SSSR count). The van der Waals surface area contributed by atoms with Gasteiger partial charge in [-0.15, -0.1) is 0 Å². The third kappa shape index (κ3) is 5.94. The van der Waals surface area contributed by atoms with Gasteiger partial charge in [0.05, 0.1) is 24.4 Å². The molecular weight excluding hydrogens is 500 g/mol. The number of aromatic nitrogens is 1. The van der Waals surface area contributed by atoms with Gasteiger partial charge in [-0.1, -0.05) is 6.07 Å². The predicted molar refractivity (Wildman–Crippen MR) is 145 cm³/mol. The Balaban J connectivity index is 1.56. The van der Waals surface area contributed by atoms with Gasteiger partial charge in [0.2, 0.25) is 5.91 Å². The van der Waals surface area contributed by atoms with Crippen LogP contribution in [0.2, 0.25) is 0 Å². The van der Waals surface area contributed by atoms with Crippen LogP contribution in [0, 0.1) is 5.92 Å². The molecule has 3 heterocycles. The predicted octanol–water partition coefficient (Wildman–Crippen LogP) is 5.25. The summed E-state index contributed by atoms with van der Waals surface area (Å²) in [6.07, 6.45) is 3.46. The fourth-order valence-electron chi connectivity index (χ4n) is 5.12. The van der Waals surface area contributed by atoms with Crippen LogP contribution >= 0.6 is 0 Å². The second-order valence-corrected chi connectivity index (χ2v) is 11.6. The van der Waals surface area contributed by atoms with Crippen molar-refractivity contribution in [3.63, 3.8) is 0 Å². The third-order valence-electron chi connectivity index (χ3n) is 7.27. The van der Waals surface area contributed by atoms with Crippen molar-refractivity contribution in [2.45, 2.75) is 71.4 Å². The average Bonchev–Trinajstić information content (AvgIpc) is 3.70. The normalized spacial score (nSPS) is 19.3. The number of imide groups is 1. The highest BCUT2D eigenvalue weighted by Gasteiger charge is 2.35. The van der Waals surface area contributed by atoms with Gasteiger partial charge in [0.25, 0.3) is 0 Å². The van der Waals surface area contributed by atoms with Crippen LogP contribution < -0.4 is 10.1 Å². The maximum atomic E-state index is 12.9. The summed E-state index contributed by atoms with van der Waals surface area (Å²) in [6.45, 7) is 8.51. The minimum absolute atomic E-state index is 0.0215. The van der Waals surface area contributed by atoms with Gasteiger partial charge in [-0.2, -0.15) is 0 Å². The Hall–Kier alpha value is -3.82. The standard InChI is InChI=1S/C29H36N4O6/c1-17(34)33-15-21-20(19-7-6-12-32(14-19)28(37)39-29(2,3)4)13-22(30-26(21)31-27(33)36)25-23(35)8-5-9-24(25)38-16-18-10-11-18/h5,8-9,13,18-19,35H,6-7,10-12,14-16H2,1-4H3,(H,30,31,36). The van der Waals surface area contributed by atoms with Gasteiger partial charge in [-0.25, -0.2) is 14.6 Å². The van der Waals surface area contributed by atoms with Crippen LogP contribution in [0.15, 0.2) is 24.3 Å². The summed E-state index contributed by atoms with van der Waals surface area (Å²) in [5.41, 5.74) is 1.89. The highest BCUT2D eigenvalue weighted by atomic mass is 16.6. The summed E-state index contributed by atoms with van der Waals surface area (Å²) in [7, 11) is 0. The van der Waals surface area contributed by atoms with Crippen LogP contribution in [0.4, 0.5) is 15.4 Å². The number of benzene rings is 1. The van der Waals surface area contributed by atoms with Crippen molar-refractivity contribution in [3.8, 4) is 22.8 Å². The van der Waals surface area contributed by atoms with Crippen LogP contribution in [0.1, 0.15) is 70.4 Å². The number of aromatic hydroxyl groups is 1. The number of likely N-dealkylation sites (tertiary alicyclic amines) is 1. The summed E-state index contributed by atoms with van der Waals surface area (Å²) >= 11 is 0. The van der Waals surface area contributed by atoms with E-state index in [0.29, 0.717) is 48.4 Å². The number of piperidine rings is 1. The summed E-state index contributed by atoms with van der Waals surface area (Å²) in [4.78, 5) is 45.4. The largest absolute Gasteiger partial charge is 0.507 e. The number of phenols is 1. The Bertz CT molecular complexity index is 1300. The van der Waals surface area contributed by atoms with E-state index < -0.39 is 11.6 Å². The number of hydrogen-bond acceptors (Lipinski definition) is 7. The van der Waals surface area contributed by atoms with Crippen molar-refractivity contribution >= 4 is 23.8 Å². The first-order chi connectivity index (χ1) is 18.5. The number of anilines is 1. The van der Waals surface area contributed by atoms with E-state index in [9.17, 15) is 19.5 Å². The van der Waals surface area contributed by atoms with E-state index in [2.05, 4.69) is 5.32 Å². The molecule has 1 saturated carbocycles. The summed E-state index contributed by atoms with van der Waals surface area (Å²) < 4.78 is 11.7. The molecular formula is C29H36N4O6. The average molecular weight is 537 g/mol. The fourth-order valence-corrected chi connectivity index (χ4v) is 5.12. The van der Waals surface area contributed by atoms with Crippen molar-refractivity contribution < 1.29 is 29.0 Å². The number of nitrogens with zero attached hydrogens (tertiary/aromatic N) is 3. The number of rotatable bonds is 5. The van der Waals surface area contributed by atoms with E-state index in [1.165, 1.54) is 6.92 Å². The van der Waals surface area contributed by atoms with Crippen LogP contribution in [-0.2, 0) is 16.1 Å². The van der Waals surface area contributed by atoms with Crippen LogP contribution in [0.25, 0.3) is 11.3 Å². The minimum Gasteiger partial charge on any atom is -0.507 e. The van der Waals surface area contributed by atoms with Gasteiger partial charge in [0, 0.05) is 31.5 Å². The molecule has 0 spiro atoms. The van der Waals surface area contributed by atoms with Crippen LogP contribution in [0.3, 0.4) is 0 Å². The molecule has 208 valence electrons. The maximum absolute atomic E-state index is 12.9. The number of carbonyl (C=O) groups excluding carboxylic acids is 3. The Labute approximate surface area is 228 Å². The third-order valence-corrected chi connectivity index (χ3v) is 7.27. The first kappa shape index (κ1) is 26.8. The van der Waals surface area contributed by atoms with Gasteiger partial charge < -0.3 is 19.5 Å². The van der Waals surface area contributed by atoms with Crippen molar-refractivity contribution in [1.29, 1.82) is 0 Å². The van der Waals surface area contributed by atoms with E-state index in [4.69, 9.17) is 14.5 Å². The molecule has 1 aliphatic carbocycles. The first-order valence-electron chi connectivity index (χ1n) is 13.6. The molecule has 2 aromatic rings.